The number of nitrogens with two attached hydrogens (primary N) is 2. The lowest BCUT2D eigenvalue weighted by molar-refractivity contribution is -0.137. The van der Waals surface area contributed by atoms with Crippen LogP contribution in [0.25, 0.3) is 22.9 Å². The number of furan rings is 1. The Morgan fingerprint density at radius 1 is 1.26 bits per heavy atom. The number of thioether (sulfide) groups is 1. The van der Waals surface area contributed by atoms with Gasteiger partial charge in [0, 0.05) is 5.56 Å². The molecule has 0 fully saturated rings. The summed E-state index contributed by atoms with van der Waals surface area (Å²) < 4.78 is 50.0. The fourth-order valence-electron chi connectivity index (χ4n) is 2.31. The number of amidine groups is 1. The second-order valence-electron chi connectivity index (χ2n) is 5.59. The molecule has 1 aromatic carbocycles. The monoisotopic (exact) mass is 457 g/mol. The average molecular weight is 457 g/mol. The molecule has 2 aromatic heterocycles. The zero-order valence-electron chi connectivity index (χ0n) is 16.9. The van der Waals surface area contributed by atoms with Gasteiger partial charge in [-0.3, -0.25) is 5.10 Å². The molecular weight excluding hydrogens is 435 g/mol. The SMILES string of the molecule is CC.COc1cc(-c2ccc(-c3nc(SC/C(=N/N)NN)n[nH]3)o2)cc(C(F)(F)F)c1. The smallest absolute Gasteiger partial charge is 0.416 e. The summed E-state index contributed by atoms with van der Waals surface area (Å²) in [7, 11) is 1.29. The minimum Gasteiger partial charge on any atom is -0.497 e. The Morgan fingerprint density at radius 2 is 1.97 bits per heavy atom. The van der Waals surface area contributed by atoms with Gasteiger partial charge in [0.1, 0.15) is 17.3 Å². The van der Waals surface area contributed by atoms with Crippen LogP contribution in [0.4, 0.5) is 13.2 Å². The highest BCUT2D eigenvalue weighted by atomic mass is 32.2. The van der Waals surface area contributed by atoms with E-state index in [9.17, 15) is 13.2 Å². The van der Waals surface area contributed by atoms with E-state index in [1.54, 1.807) is 6.07 Å². The van der Waals surface area contributed by atoms with Gasteiger partial charge in [-0.05, 0) is 30.3 Å². The molecular formula is C18H22F3N7O2S. The van der Waals surface area contributed by atoms with Crippen LogP contribution in [0, 0.1) is 0 Å². The molecule has 2 heterocycles. The summed E-state index contributed by atoms with van der Waals surface area (Å²) in [5.74, 6) is 12.0. The van der Waals surface area contributed by atoms with Gasteiger partial charge in [-0.15, -0.1) is 5.10 Å². The molecule has 0 saturated heterocycles. The fourth-order valence-corrected chi connectivity index (χ4v) is 3.00. The van der Waals surface area contributed by atoms with Crippen molar-refractivity contribution in [2.75, 3.05) is 12.9 Å². The molecule has 0 atom stereocenters. The minimum absolute atomic E-state index is 0.0667. The van der Waals surface area contributed by atoms with Crippen LogP contribution in [0.2, 0.25) is 0 Å². The van der Waals surface area contributed by atoms with Crippen LogP contribution >= 0.6 is 11.8 Å². The summed E-state index contributed by atoms with van der Waals surface area (Å²) >= 11 is 1.22. The molecule has 3 rings (SSSR count). The predicted octanol–water partition coefficient (Wildman–Crippen LogP) is 3.61. The number of halogens is 3. The Bertz CT molecular complexity index is 1020. The maximum atomic E-state index is 13.1. The van der Waals surface area contributed by atoms with E-state index in [0.717, 1.165) is 12.1 Å². The van der Waals surface area contributed by atoms with Gasteiger partial charge in [-0.1, -0.05) is 25.6 Å². The third-order valence-electron chi connectivity index (χ3n) is 3.72. The highest BCUT2D eigenvalue weighted by Gasteiger charge is 2.31. The van der Waals surface area contributed by atoms with Crippen LogP contribution in [-0.4, -0.2) is 33.9 Å². The topological polar surface area (TPSA) is 140 Å². The van der Waals surface area contributed by atoms with Crippen LogP contribution in [-0.2, 0) is 6.18 Å². The molecule has 168 valence electrons. The first-order valence-electron chi connectivity index (χ1n) is 8.99. The van der Waals surface area contributed by atoms with E-state index in [0.29, 0.717) is 28.3 Å². The number of rotatable bonds is 6. The predicted molar refractivity (Wildman–Crippen MR) is 112 cm³/mol. The van der Waals surface area contributed by atoms with Gasteiger partial charge in [0.15, 0.2) is 11.6 Å². The number of nitrogens with zero attached hydrogens (tertiary/aromatic N) is 3. The molecule has 0 unspecified atom stereocenters. The summed E-state index contributed by atoms with van der Waals surface area (Å²) in [6.45, 7) is 4.00. The van der Waals surface area contributed by atoms with Gasteiger partial charge >= 0.3 is 6.18 Å². The van der Waals surface area contributed by atoms with E-state index in [1.165, 1.54) is 31.0 Å². The van der Waals surface area contributed by atoms with Crippen LogP contribution in [0.15, 0.2) is 45.0 Å². The number of hydrogen-bond donors (Lipinski definition) is 4. The lowest BCUT2D eigenvalue weighted by atomic mass is 10.1. The third-order valence-corrected chi connectivity index (χ3v) is 4.58. The van der Waals surface area contributed by atoms with Crippen molar-refractivity contribution in [2.24, 2.45) is 16.8 Å². The Hall–Kier alpha value is -3.19. The maximum absolute atomic E-state index is 13.1. The zero-order chi connectivity index (χ0) is 23.0. The molecule has 0 spiro atoms. The van der Waals surface area contributed by atoms with Crippen molar-refractivity contribution in [3.8, 4) is 28.7 Å². The molecule has 0 bridgehead atoms. The summed E-state index contributed by atoms with van der Waals surface area (Å²) in [5.41, 5.74) is 1.71. The van der Waals surface area contributed by atoms with Crippen molar-refractivity contribution in [1.29, 1.82) is 0 Å². The number of nitrogens with one attached hydrogen (secondary N) is 2. The van der Waals surface area contributed by atoms with Gasteiger partial charge in [0.25, 0.3) is 0 Å². The molecule has 3 aromatic rings. The van der Waals surface area contributed by atoms with Gasteiger partial charge in [0.05, 0.1) is 18.4 Å². The number of aromatic amines is 1. The summed E-state index contributed by atoms with van der Waals surface area (Å²) in [6, 6.07) is 6.47. The van der Waals surface area contributed by atoms with Gasteiger partial charge in [-0.25, -0.2) is 5.84 Å². The number of hydrazine groups is 1. The highest BCUT2D eigenvalue weighted by Crippen LogP contribution is 2.36. The molecule has 0 radical (unpaired) electrons. The molecule has 6 N–H and O–H groups in total. The summed E-state index contributed by atoms with van der Waals surface area (Å²) in [6.07, 6.45) is -4.51. The van der Waals surface area contributed by atoms with Crippen LogP contribution in [0.1, 0.15) is 19.4 Å². The zero-order valence-corrected chi connectivity index (χ0v) is 17.8. The highest BCUT2D eigenvalue weighted by molar-refractivity contribution is 7.99. The summed E-state index contributed by atoms with van der Waals surface area (Å²) in [5, 5.41) is 10.6. The standard InChI is InChI=1S/C16H16F3N7O2S.C2H6/c1-27-10-5-8(4-9(6-10)16(17,18)19)11-2-3-12(28-11)14-22-15(26-25-14)29-7-13(23-20)24-21;1-2/h2-6H,7,20-21H2,1H3,(H,23,24)(H,22,25,26);1-2H3. The Labute approximate surface area is 180 Å². The number of ether oxygens (including phenoxy) is 1. The number of hydrogen-bond acceptors (Lipinski definition) is 8. The average Bonchev–Trinajstić information content (AvgIpc) is 3.44. The Morgan fingerprint density at radius 3 is 2.58 bits per heavy atom. The molecule has 13 heteroatoms. The van der Waals surface area contributed by atoms with Crippen molar-refractivity contribution >= 4 is 17.6 Å². The minimum atomic E-state index is -4.51. The van der Waals surface area contributed by atoms with E-state index >= 15 is 0 Å². The van der Waals surface area contributed by atoms with E-state index < -0.39 is 11.7 Å². The van der Waals surface area contributed by atoms with E-state index in [-0.39, 0.29) is 17.1 Å². The van der Waals surface area contributed by atoms with Crippen molar-refractivity contribution in [3.05, 3.63) is 35.9 Å². The molecule has 0 aliphatic rings. The number of benzene rings is 1. The fraction of sp³-hybridized carbons (Fsp3) is 0.278. The molecule has 0 amide bonds. The molecule has 0 aliphatic heterocycles. The Balaban J connectivity index is 0.00000166. The van der Waals surface area contributed by atoms with E-state index in [4.69, 9.17) is 20.8 Å². The lowest BCUT2D eigenvalue weighted by Gasteiger charge is -2.10. The molecule has 0 saturated carbocycles. The van der Waals surface area contributed by atoms with Crippen molar-refractivity contribution in [1.82, 2.24) is 20.6 Å². The first-order chi connectivity index (χ1) is 14.8. The van der Waals surface area contributed by atoms with Crippen LogP contribution < -0.4 is 21.8 Å². The second-order valence-corrected chi connectivity index (χ2v) is 6.53. The van der Waals surface area contributed by atoms with Gasteiger partial charge < -0.3 is 20.4 Å². The lowest BCUT2D eigenvalue weighted by Crippen LogP contribution is -2.33. The van der Waals surface area contributed by atoms with Crippen molar-refractivity contribution in [2.45, 2.75) is 25.2 Å². The second kappa shape index (κ2) is 10.7. The van der Waals surface area contributed by atoms with Crippen LogP contribution in [0.3, 0.4) is 0 Å². The van der Waals surface area contributed by atoms with Crippen LogP contribution in [0.5, 0.6) is 5.75 Å². The number of hydrazone groups is 1. The molecule has 31 heavy (non-hydrogen) atoms. The Kier molecular flexibility index (Phi) is 8.33. The van der Waals surface area contributed by atoms with Gasteiger partial charge in [0.2, 0.25) is 5.16 Å². The molecule has 9 nitrogen and oxygen atoms in total. The van der Waals surface area contributed by atoms with Crippen molar-refractivity contribution < 1.29 is 22.3 Å². The largest absolute Gasteiger partial charge is 0.497 e. The quantitative estimate of drug-likeness (QED) is 0.145. The van der Waals surface area contributed by atoms with Crippen molar-refractivity contribution in [3.63, 3.8) is 0 Å². The number of aromatic nitrogens is 3. The number of alkyl halides is 3. The first-order valence-corrected chi connectivity index (χ1v) is 9.98. The third kappa shape index (κ3) is 6.15. The van der Waals surface area contributed by atoms with E-state index in [2.05, 4.69) is 25.7 Å². The number of methoxy groups -OCH3 is 1. The number of H-pyrrole nitrogens is 1. The molecule has 0 aliphatic carbocycles. The van der Waals surface area contributed by atoms with E-state index in [1.807, 2.05) is 13.8 Å². The normalized spacial score (nSPS) is 11.6. The first kappa shape index (κ1) is 24.1. The van der Waals surface area contributed by atoms with Gasteiger partial charge in [-0.2, -0.15) is 23.3 Å². The summed E-state index contributed by atoms with van der Waals surface area (Å²) in [4.78, 5) is 4.25. The maximum Gasteiger partial charge on any atom is 0.416 e.